The number of ether oxygens (including phenoxy) is 1. The quantitative estimate of drug-likeness (QED) is 0.203. The van der Waals surface area contributed by atoms with E-state index in [1.54, 1.807) is 0 Å². The van der Waals surface area contributed by atoms with Crippen LogP contribution in [0, 0.1) is 0 Å². The van der Waals surface area contributed by atoms with Crippen molar-refractivity contribution < 1.29 is 9.15 Å². The molecule has 7 aromatic rings. The highest BCUT2D eigenvalue weighted by atomic mass is 16.5. The van der Waals surface area contributed by atoms with Crippen molar-refractivity contribution in [2.24, 2.45) is 0 Å². The normalized spacial score (nSPS) is 14.7. The molecule has 3 nitrogen and oxygen atoms in total. The molecule has 1 aliphatic heterocycles. The molecule has 1 aliphatic carbocycles. The van der Waals surface area contributed by atoms with Crippen LogP contribution in [0.15, 0.2) is 156 Å². The lowest BCUT2D eigenvalue weighted by atomic mass is 9.94. The first-order chi connectivity index (χ1) is 22.3. The Kier molecular flexibility index (Phi) is 5.95. The van der Waals surface area contributed by atoms with E-state index in [4.69, 9.17) is 9.15 Å². The Labute approximate surface area is 261 Å². The maximum atomic E-state index is 6.57. The second-order valence-corrected chi connectivity index (χ2v) is 11.6. The van der Waals surface area contributed by atoms with Gasteiger partial charge in [-0.15, -0.1) is 0 Å². The number of hydrogen-bond acceptors (Lipinski definition) is 3. The van der Waals surface area contributed by atoms with Crippen LogP contribution in [0.2, 0.25) is 0 Å². The van der Waals surface area contributed by atoms with Crippen molar-refractivity contribution in [1.82, 2.24) is 0 Å². The lowest BCUT2D eigenvalue weighted by Gasteiger charge is -2.26. The summed E-state index contributed by atoms with van der Waals surface area (Å²) in [4.78, 5) is 2.30. The molecular weight excluding hydrogens is 550 g/mol. The number of para-hydroxylation sites is 1. The summed E-state index contributed by atoms with van der Waals surface area (Å²) < 4.78 is 12.9. The molecule has 45 heavy (non-hydrogen) atoms. The maximum absolute atomic E-state index is 6.57. The van der Waals surface area contributed by atoms with Crippen molar-refractivity contribution in [2.45, 2.75) is 12.5 Å². The average Bonchev–Trinajstić information content (AvgIpc) is 3.67. The van der Waals surface area contributed by atoms with Crippen molar-refractivity contribution in [3.63, 3.8) is 0 Å². The first-order valence-electron chi connectivity index (χ1n) is 15.4. The van der Waals surface area contributed by atoms with Crippen molar-refractivity contribution in [3.8, 4) is 28.0 Å². The highest BCUT2D eigenvalue weighted by Gasteiger charge is 2.32. The van der Waals surface area contributed by atoms with Crippen LogP contribution < -0.4 is 20.3 Å². The van der Waals surface area contributed by atoms with Gasteiger partial charge in [0, 0.05) is 51.3 Å². The van der Waals surface area contributed by atoms with E-state index in [1.807, 2.05) is 6.07 Å². The fourth-order valence-corrected chi connectivity index (χ4v) is 6.83. The maximum Gasteiger partial charge on any atom is 0.137 e. The molecule has 0 saturated carbocycles. The van der Waals surface area contributed by atoms with Gasteiger partial charge in [0.25, 0.3) is 0 Å². The molecule has 2 aliphatic rings. The second kappa shape index (κ2) is 10.4. The number of hydrogen-bond donors (Lipinski definition) is 0. The molecule has 9 rings (SSSR count). The van der Waals surface area contributed by atoms with Gasteiger partial charge in [0.05, 0.1) is 0 Å². The zero-order valence-electron chi connectivity index (χ0n) is 24.6. The van der Waals surface area contributed by atoms with E-state index in [0.717, 1.165) is 50.8 Å². The fraction of sp³-hybridized carbons (Fsp3) is 0.0476. The third-order valence-corrected chi connectivity index (χ3v) is 8.98. The summed E-state index contributed by atoms with van der Waals surface area (Å²) in [6.07, 6.45) is 3.01. The number of nitrogens with zero attached hydrogens (tertiary/aromatic N) is 1. The smallest absolute Gasteiger partial charge is 0.137 e. The first-order valence-corrected chi connectivity index (χ1v) is 15.4. The Balaban J connectivity index is 1.18. The van der Waals surface area contributed by atoms with Gasteiger partial charge in [0.2, 0.25) is 0 Å². The summed E-state index contributed by atoms with van der Waals surface area (Å²) in [5.74, 6) is 0.953. The minimum absolute atomic E-state index is 0.0260. The molecule has 214 valence electrons. The Morgan fingerprint density at radius 2 is 1.09 bits per heavy atom. The summed E-state index contributed by atoms with van der Waals surface area (Å²) in [6, 6.07) is 53.5. The first kappa shape index (κ1) is 25.7. The monoisotopic (exact) mass is 579 g/mol. The van der Waals surface area contributed by atoms with Gasteiger partial charge >= 0.3 is 0 Å². The van der Waals surface area contributed by atoms with Crippen molar-refractivity contribution >= 4 is 39.7 Å². The Morgan fingerprint density at radius 3 is 1.73 bits per heavy atom. The van der Waals surface area contributed by atoms with Gasteiger partial charge in [-0.3, -0.25) is 0 Å². The molecule has 0 amide bonds. The topological polar surface area (TPSA) is 25.6 Å². The standard InChI is InChI=1S/C42H29NO2/c1-3-9-28(10-4-1)30-15-19-32(20-16-30)43(33-21-17-31(18-22-33)29-11-5-2-6-12-29)34-23-24-36-40(27-34)45-39-26-25-38-41(42(36)39)35-13-7-8-14-37(35)44-38/h1-24,26-27,38H,25H2. The predicted octanol–water partition coefficient (Wildman–Crippen LogP) is 9.38. The molecule has 6 aromatic carbocycles. The number of furan rings is 1. The molecule has 1 atom stereocenters. The van der Waals surface area contributed by atoms with Gasteiger partial charge in [0.15, 0.2) is 0 Å². The number of fused-ring (bicyclic) bond motifs is 6. The minimum atomic E-state index is 0.0260. The molecule has 0 radical (unpaired) electrons. The summed E-state index contributed by atoms with van der Waals surface area (Å²) in [7, 11) is 0. The van der Waals surface area contributed by atoms with E-state index in [1.165, 1.54) is 33.4 Å². The lowest BCUT2D eigenvalue weighted by Crippen LogP contribution is -2.32. The Morgan fingerprint density at radius 1 is 0.533 bits per heavy atom. The van der Waals surface area contributed by atoms with Gasteiger partial charge < -0.3 is 14.1 Å². The molecule has 0 fully saturated rings. The third kappa shape index (κ3) is 4.36. The summed E-state index contributed by atoms with van der Waals surface area (Å²) in [5.41, 5.74) is 12.2. The van der Waals surface area contributed by atoms with E-state index in [0.29, 0.717) is 0 Å². The van der Waals surface area contributed by atoms with E-state index < -0.39 is 0 Å². The zero-order chi connectivity index (χ0) is 29.7. The molecule has 0 saturated heterocycles. The summed E-state index contributed by atoms with van der Waals surface area (Å²) >= 11 is 0. The van der Waals surface area contributed by atoms with Crippen molar-refractivity contribution in [3.05, 3.63) is 168 Å². The summed E-state index contributed by atoms with van der Waals surface area (Å²) in [5, 5.41) is 2.27. The van der Waals surface area contributed by atoms with Crippen LogP contribution in [-0.2, 0) is 0 Å². The van der Waals surface area contributed by atoms with E-state index in [9.17, 15) is 0 Å². The van der Waals surface area contributed by atoms with Crippen LogP contribution in [0.3, 0.4) is 0 Å². The van der Waals surface area contributed by atoms with Crippen LogP contribution in [0.1, 0.15) is 12.0 Å². The van der Waals surface area contributed by atoms with Crippen molar-refractivity contribution in [1.29, 1.82) is 0 Å². The van der Waals surface area contributed by atoms with Gasteiger partial charge in [-0.2, -0.15) is 0 Å². The van der Waals surface area contributed by atoms with E-state index in [-0.39, 0.29) is 6.10 Å². The molecule has 0 spiro atoms. The fourth-order valence-electron chi connectivity index (χ4n) is 6.83. The molecular formula is C42H29NO2. The Hall–Kier alpha value is -5.80. The lowest BCUT2D eigenvalue weighted by molar-refractivity contribution is 0.281. The average molecular weight is 580 g/mol. The SMILES string of the molecule is C1=c2oc3cc(N(c4ccc(-c5ccccc5)cc4)c4ccc(-c5ccccc5)cc4)ccc3c2=C2c3ccccc3OC2C1. The number of benzene rings is 6. The minimum Gasteiger partial charge on any atom is -0.485 e. The van der Waals surface area contributed by atoms with Gasteiger partial charge in [-0.05, 0) is 70.8 Å². The summed E-state index contributed by atoms with van der Waals surface area (Å²) in [6.45, 7) is 0. The van der Waals surface area contributed by atoms with Crippen LogP contribution in [-0.4, -0.2) is 6.10 Å². The van der Waals surface area contributed by atoms with Gasteiger partial charge in [0.1, 0.15) is 22.9 Å². The molecule has 2 heterocycles. The van der Waals surface area contributed by atoms with Crippen LogP contribution in [0.25, 0.3) is 44.9 Å². The van der Waals surface area contributed by atoms with E-state index >= 15 is 0 Å². The van der Waals surface area contributed by atoms with Gasteiger partial charge in [-0.25, -0.2) is 0 Å². The highest BCUT2D eigenvalue weighted by Crippen LogP contribution is 2.40. The number of anilines is 3. The second-order valence-electron chi connectivity index (χ2n) is 11.6. The third-order valence-electron chi connectivity index (χ3n) is 8.98. The molecule has 0 N–H and O–H groups in total. The van der Waals surface area contributed by atoms with Gasteiger partial charge in [-0.1, -0.05) is 103 Å². The number of rotatable bonds is 5. The van der Waals surface area contributed by atoms with Crippen molar-refractivity contribution in [2.75, 3.05) is 4.90 Å². The molecule has 1 unspecified atom stereocenters. The van der Waals surface area contributed by atoms with Crippen LogP contribution in [0.4, 0.5) is 17.1 Å². The molecule has 1 aromatic heterocycles. The molecule has 3 heteroatoms. The van der Waals surface area contributed by atoms with Crippen LogP contribution >= 0.6 is 0 Å². The van der Waals surface area contributed by atoms with Crippen LogP contribution in [0.5, 0.6) is 5.75 Å². The predicted molar refractivity (Wildman–Crippen MR) is 183 cm³/mol. The highest BCUT2D eigenvalue weighted by molar-refractivity contribution is 5.91. The molecule has 0 bridgehead atoms. The largest absolute Gasteiger partial charge is 0.485 e. The Bertz CT molecular complexity index is 2220. The zero-order valence-corrected chi connectivity index (χ0v) is 24.6. The van der Waals surface area contributed by atoms with E-state index in [2.05, 4.69) is 157 Å².